The first-order chi connectivity index (χ1) is 23.7. The van der Waals surface area contributed by atoms with Gasteiger partial charge in [-0.15, -0.1) is 0 Å². The minimum atomic E-state index is -4.87. The summed E-state index contributed by atoms with van der Waals surface area (Å²) in [6, 6.07) is 30.2. The summed E-state index contributed by atoms with van der Waals surface area (Å²) in [5.74, 6) is 0. The molecule has 8 aromatic rings. The molecule has 8 rings (SSSR count). The summed E-state index contributed by atoms with van der Waals surface area (Å²) in [5, 5.41) is 3.08. The van der Waals surface area contributed by atoms with Crippen LogP contribution in [-0.4, -0.2) is 9.13 Å². The second-order valence-corrected chi connectivity index (χ2v) is 13.2. The fraction of sp³-hybridized carbons (Fsp3) is 0.143. The maximum atomic E-state index is 16.0. The number of aromatic nitrogens is 2. The van der Waals surface area contributed by atoms with Crippen LogP contribution < -0.4 is 0 Å². The van der Waals surface area contributed by atoms with Crippen molar-refractivity contribution in [2.45, 2.75) is 40.0 Å². The van der Waals surface area contributed by atoms with Gasteiger partial charge in [-0.1, -0.05) is 60.7 Å². The maximum absolute atomic E-state index is 16.0. The molecule has 0 N–H and O–H groups in total. The molecule has 0 amide bonds. The molecule has 0 saturated heterocycles. The molecule has 2 aromatic heterocycles. The van der Waals surface area contributed by atoms with Gasteiger partial charge in [-0.3, -0.25) is 0 Å². The van der Waals surface area contributed by atoms with Gasteiger partial charge in [0.25, 0.3) is 0 Å². The standard InChI is InChI=1S/C42H30F6N2/c1-23-8-12-30-31-13-9-24(2)17-35(31)49(34(30)16-23)38-21-28(27-6-5-7-29(20-27)41(43,44)45)22-39(40(38)42(46,47)48)50-36-18-25(3)10-14-32(36)33-15-11-26(4)19-37(33)50/h5-22H,1-4H3. The van der Waals surface area contributed by atoms with Crippen molar-refractivity contribution in [3.63, 3.8) is 0 Å². The van der Waals surface area contributed by atoms with Crippen LogP contribution in [0.2, 0.25) is 0 Å². The van der Waals surface area contributed by atoms with Crippen molar-refractivity contribution in [1.82, 2.24) is 9.13 Å². The number of alkyl halides is 6. The van der Waals surface area contributed by atoms with E-state index in [4.69, 9.17) is 0 Å². The van der Waals surface area contributed by atoms with Crippen molar-refractivity contribution in [2.24, 2.45) is 0 Å². The van der Waals surface area contributed by atoms with Crippen LogP contribution in [0.15, 0.2) is 109 Å². The van der Waals surface area contributed by atoms with Crippen molar-refractivity contribution >= 4 is 43.6 Å². The quantitative estimate of drug-likeness (QED) is 0.165. The van der Waals surface area contributed by atoms with E-state index < -0.39 is 23.5 Å². The van der Waals surface area contributed by atoms with Gasteiger partial charge in [0.2, 0.25) is 0 Å². The van der Waals surface area contributed by atoms with Crippen LogP contribution in [0, 0.1) is 27.7 Å². The molecule has 250 valence electrons. The van der Waals surface area contributed by atoms with Crippen LogP contribution in [0.1, 0.15) is 33.4 Å². The summed E-state index contributed by atoms with van der Waals surface area (Å²) in [4.78, 5) is 0. The summed E-state index contributed by atoms with van der Waals surface area (Å²) >= 11 is 0. The Balaban J connectivity index is 1.62. The van der Waals surface area contributed by atoms with Crippen LogP contribution in [-0.2, 0) is 12.4 Å². The molecule has 0 atom stereocenters. The highest BCUT2D eigenvalue weighted by atomic mass is 19.4. The molecule has 0 aliphatic rings. The average molecular weight is 677 g/mol. The fourth-order valence-corrected chi connectivity index (χ4v) is 7.29. The molecule has 0 unspecified atom stereocenters. The molecule has 0 aliphatic carbocycles. The van der Waals surface area contributed by atoms with Crippen LogP contribution in [0.4, 0.5) is 26.3 Å². The van der Waals surface area contributed by atoms with Crippen LogP contribution in [0.3, 0.4) is 0 Å². The lowest BCUT2D eigenvalue weighted by Crippen LogP contribution is -2.16. The Morgan fingerprint density at radius 2 is 0.780 bits per heavy atom. The highest BCUT2D eigenvalue weighted by Crippen LogP contribution is 2.46. The monoisotopic (exact) mass is 676 g/mol. The second kappa shape index (κ2) is 11.0. The summed E-state index contributed by atoms with van der Waals surface area (Å²) in [5.41, 5.74) is 3.94. The number of benzene rings is 6. The molecular formula is C42H30F6N2. The van der Waals surface area contributed by atoms with Gasteiger partial charge in [0.05, 0.1) is 39.0 Å². The second-order valence-electron chi connectivity index (χ2n) is 13.2. The number of nitrogens with zero attached hydrogens (tertiary/aromatic N) is 2. The predicted molar refractivity (Wildman–Crippen MR) is 190 cm³/mol. The zero-order valence-electron chi connectivity index (χ0n) is 27.6. The Hall–Kier alpha value is -5.50. The molecule has 2 heterocycles. The summed E-state index contributed by atoms with van der Waals surface area (Å²) in [6.07, 6.45) is -9.51. The lowest BCUT2D eigenvalue weighted by Gasteiger charge is -2.23. The van der Waals surface area contributed by atoms with Gasteiger partial charge >= 0.3 is 12.4 Å². The van der Waals surface area contributed by atoms with Crippen LogP contribution >= 0.6 is 0 Å². The molecular weight excluding hydrogens is 646 g/mol. The normalized spacial score (nSPS) is 12.6. The first-order valence-electron chi connectivity index (χ1n) is 16.2. The number of halogens is 6. The van der Waals surface area contributed by atoms with Crippen molar-refractivity contribution in [3.8, 4) is 22.5 Å². The molecule has 0 bridgehead atoms. The number of hydrogen-bond donors (Lipinski definition) is 0. The highest BCUT2D eigenvalue weighted by molar-refractivity contribution is 6.11. The summed E-state index contributed by atoms with van der Waals surface area (Å²) in [6.45, 7) is 7.52. The minimum absolute atomic E-state index is 0.150. The van der Waals surface area contributed by atoms with Crippen molar-refractivity contribution < 1.29 is 26.3 Å². The third-order valence-electron chi connectivity index (χ3n) is 9.54. The number of aryl methyl sites for hydroxylation is 4. The Morgan fingerprint density at radius 3 is 1.12 bits per heavy atom. The van der Waals surface area contributed by atoms with Gasteiger partial charge in [0.1, 0.15) is 5.56 Å². The van der Waals surface area contributed by atoms with E-state index >= 15 is 13.2 Å². The molecule has 0 saturated carbocycles. The first kappa shape index (κ1) is 31.7. The Bertz CT molecular complexity index is 2400. The largest absolute Gasteiger partial charge is 0.420 e. The molecule has 0 fully saturated rings. The zero-order valence-corrected chi connectivity index (χ0v) is 27.6. The van der Waals surface area contributed by atoms with Gasteiger partial charge < -0.3 is 9.13 Å². The first-order valence-corrected chi connectivity index (χ1v) is 16.2. The molecule has 0 spiro atoms. The highest BCUT2D eigenvalue weighted by Gasteiger charge is 2.40. The van der Waals surface area contributed by atoms with E-state index in [1.165, 1.54) is 24.3 Å². The van der Waals surface area contributed by atoms with E-state index in [9.17, 15) is 13.2 Å². The number of rotatable bonds is 3. The van der Waals surface area contributed by atoms with Crippen LogP contribution in [0.5, 0.6) is 0 Å². The van der Waals surface area contributed by atoms with E-state index in [1.807, 2.05) is 100 Å². The van der Waals surface area contributed by atoms with E-state index in [0.29, 0.717) is 22.1 Å². The lowest BCUT2D eigenvalue weighted by molar-refractivity contribution is -0.138. The van der Waals surface area contributed by atoms with Crippen LogP contribution in [0.25, 0.3) is 66.1 Å². The Labute approximate surface area is 283 Å². The lowest BCUT2D eigenvalue weighted by atomic mass is 9.97. The SMILES string of the molecule is Cc1ccc2c3ccc(C)cc3n(-c3cc(-c4cccc(C(F)(F)F)c4)cc(-n4c5cc(C)ccc5c5ccc(C)cc54)c3C(F)(F)F)c2c1. The number of hydrogen-bond acceptors (Lipinski definition) is 0. The smallest absolute Gasteiger partial charge is 0.309 e. The van der Waals surface area contributed by atoms with Gasteiger partial charge in [-0.25, -0.2) is 0 Å². The van der Waals surface area contributed by atoms with Gasteiger partial charge in [-0.2, -0.15) is 26.3 Å². The van der Waals surface area contributed by atoms with Gasteiger partial charge in [0.15, 0.2) is 0 Å². The van der Waals surface area contributed by atoms with Gasteiger partial charge in [0, 0.05) is 21.5 Å². The third-order valence-corrected chi connectivity index (χ3v) is 9.54. The van der Waals surface area contributed by atoms with E-state index in [-0.39, 0.29) is 22.5 Å². The molecule has 0 radical (unpaired) electrons. The molecule has 8 heteroatoms. The topological polar surface area (TPSA) is 9.86 Å². The average Bonchev–Trinajstić information content (AvgIpc) is 3.53. The number of fused-ring (bicyclic) bond motifs is 6. The van der Waals surface area contributed by atoms with Crippen molar-refractivity contribution in [2.75, 3.05) is 0 Å². The molecule has 6 aromatic carbocycles. The molecule has 2 nitrogen and oxygen atoms in total. The maximum Gasteiger partial charge on any atom is 0.420 e. The predicted octanol–water partition coefficient (Wildman–Crippen LogP) is 12.8. The molecule has 0 aliphatic heterocycles. The van der Waals surface area contributed by atoms with E-state index in [2.05, 4.69) is 0 Å². The van der Waals surface area contributed by atoms with E-state index in [0.717, 1.165) is 55.9 Å². The fourth-order valence-electron chi connectivity index (χ4n) is 7.29. The van der Waals surface area contributed by atoms with Crippen molar-refractivity contribution in [1.29, 1.82) is 0 Å². The van der Waals surface area contributed by atoms with Gasteiger partial charge in [-0.05, 0) is 110 Å². The minimum Gasteiger partial charge on any atom is -0.309 e. The van der Waals surface area contributed by atoms with E-state index in [1.54, 1.807) is 9.13 Å². The Morgan fingerprint density at radius 1 is 0.400 bits per heavy atom. The third kappa shape index (κ3) is 5.04. The van der Waals surface area contributed by atoms with Crippen molar-refractivity contribution in [3.05, 3.63) is 143 Å². The summed E-state index contributed by atoms with van der Waals surface area (Å²) in [7, 11) is 0. The Kier molecular flexibility index (Phi) is 6.99. The molecule has 50 heavy (non-hydrogen) atoms. The summed E-state index contributed by atoms with van der Waals surface area (Å²) < 4.78 is 93.2. The zero-order chi connectivity index (χ0) is 35.3.